The van der Waals surface area contributed by atoms with Gasteiger partial charge in [0.25, 0.3) is 11.5 Å². The number of rotatable bonds is 4. The van der Waals surface area contributed by atoms with E-state index in [1.165, 1.54) is 37.4 Å². The van der Waals surface area contributed by atoms with Crippen LogP contribution in [0.5, 0.6) is 5.75 Å². The molecule has 0 atom stereocenters. The van der Waals surface area contributed by atoms with Gasteiger partial charge in [-0.15, -0.1) is 0 Å². The normalized spacial score (nSPS) is 10.1. The molecule has 2 aromatic rings. The number of nitrogens with zero attached hydrogens (tertiary/aromatic N) is 1. The molecular weight excluding hydrogens is 265 g/mol. The second-order valence-corrected chi connectivity index (χ2v) is 3.95. The number of aromatic amines is 1. The van der Waals surface area contributed by atoms with Crippen molar-refractivity contribution in [2.75, 3.05) is 7.11 Å². The fourth-order valence-corrected chi connectivity index (χ4v) is 1.62. The predicted molar refractivity (Wildman–Crippen MR) is 69.0 cm³/mol. The third-order valence-electron chi connectivity index (χ3n) is 2.59. The monoisotopic (exact) mass is 277 g/mol. The van der Waals surface area contributed by atoms with Gasteiger partial charge in [-0.05, 0) is 24.3 Å². The molecule has 2 N–H and O–H groups in total. The first-order valence-corrected chi connectivity index (χ1v) is 5.76. The lowest BCUT2D eigenvalue weighted by atomic mass is 10.2. The Morgan fingerprint density at radius 3 is 2.85 bits per heavy atom. The number of hydrogen-bond donors (Lipinski definition) is 2. The van der Waals surface area contributed by atoms with Gasteiger partial charge in [-0.3, -0.25) is 9.59 Å². The molecule has 0 radical (unpaired) electrons. The molecule has 0 aliphatic carbocycles. The van der Waals surface area contributed by atoms with Crippen molar-refractivity contribution in [2.45, 2.75) is 6.54 Å². The van der Waals surface area contributed by atoms with E-state index in [1.807, 2.05) is 0 Å². The first-order chi connectivity index (χ1) is 9.60. The van der Waals surface area contributed by atoms with Crippen molar-refractivity contribution in [3.63, 3.8) is 0 Å². The van der Waals surface area contributed by atoms with Gasteiger partial charge >= 0.3 is 0 Å². The maximum Gasteiger partial charge on any atom is 0.271 e. The minimum atomic E-state index is -0.479. The number of nitrogens with one attached hydrogen (secondary N) is 2. The van der Waals surface area contributed by atoms with E-state index >= 15 is 0 Å². The molecule has 0 bridgehead atoms. The van der Waals surface area contributed by atoms with E-state index in [1.54, 1.807) is 0 Å². The van der Waals surface area contributed by atoms with E-state index in [-0.39, 0.29) is 12.2 Å². The van der Waals surface area contributed by atoms with Gasteiger partial charge in [0.05, 0.1) is 7.11 Å². The Kier molecular flexibility index (Phi) is 4.09. The summed E-state index contributed by atoms with van der Waals surface area (Å²) in [6, 6.07) is 6.53. The summed E-state index contributed by atoms with van der Waals surface area (Å²) in [6.45, 7) is 0.0839. The first-order valence-electron chi connectivity index (χ1n) is 5.76. The van der Waals surface area contributed by atoms with E-state index < -0.39 is 17.3 Å². The number of halogens is 1. The van der Waals surface area contributed by atoms with Gasteiger partial charge < -0.3 is 10.1 Å². The van der Waals surface area contributed by atoms with Crippen LogP contribution in [0.3, 0.4) is 0 Å². The molecule has 104 valence electrons. The molecule has 1 heterocycles. The zero-order valence-electron chi connectivity index (χ0n) is 10.6. The van der Waals surface area contributed by atoms with Crippen molar-refractivity contribution >= 4 is 5.91 Å². The van der Waals surface area contributed by atoms with Crippen molar-refractivity contribution in [3.8, 4) is 5.75 Å². The minimum absolute atomic E-state index is 0.0694. The summed E-state index contributed by atoms with van der Waals surface area (Å²) in [6.07, 6.45) is 0. The van der Waals surface area contributed by atoms with Crippen LogP contribution in [-0.4, -0.2) is 23.2 Å². The van der Waals surface area contributed by atoms with Crippen LogP contribution in [0.25, 0.3) is 0 Å². The fraction of sp³-hybridized carbons (Fsp3) is 0.154. The molecular formula is C13H12FN3O3. The van der Waals surface area contributed by atoms with Gasteiger partial charge in [0.1, 0.15) is 17.3 Å². The predicted octanol–water partition coefficient (Wildman–Crippen LogP) is 0.848. The topological polar surface area (TPSA) is 84.1 Å². The molecule has 0 unspecified atom stereocenters. The highest BCUT2D eigenvalue weighted by Crippen LogP contribution is 2.18. The van der Waals surface area contributed by atoms with Crippen LogP contribution in [0.2, 0.25) is 0 Å². The summed E-state index contributed by atoms with van der Waals surface area (Å²) in [4.78, 5) is 22.6. The van der Waals surface area contributed by atoms with Gasteiger partial charge in [-0.1, -0.05) is 0 Å². The van der Waals surface area contributed by atoms with Crippen molar-refractivity contribution in [2.24, 2.45) is 0 Å². The van der Waals surface area contributed by atoms with Crippen LogP contribution in [0.15, 0.2) is 35.1 Å². The number of carbonyl (C=O) groups excluding carboxylic acids is 1. The number of hydrogen-bond acceptors (Lipinski definition) is 4. The zero-order chi connectivity index (χ0) is 14.5. The Hall–Kier alpha value is -2.70. The van der Waals surface area contributed by atoms with E-state index in [0.29, 0.717) is 11.3 Å². The Labute approximate surface area is 113 Å². The number of H-pyrrole nitrogens is 1. The Balaban J connectivity index is 2.08. The second kappa shape index (κ2) is 5.96. The maximum absolute atomic E-state index is 13.2. The van der Waals surface area contributed by atoms with E-state index in [0.717, 1.165) is 0 Å². The molecule has 20 heavy (non-hydrogen) atoms. The van der Waals surface area contributed by atoms with Crippen molar-refractivity contribution in [3.05, 3.63) is 57.8 Å². The van der Waals surface area contributed by atoms with Gasteiger partial charge in [0.15, 0.2) is 0 Å². The van der Waals surface area contributed by atoms with Crippen LogP contribution in [0.1, 0.15) is 16.1 Å². The molecule has 1 aromatic heterocycles. The van der Waals surface area contributed by atoms with E-state index in [2.05, 4.69) is 15.5 Å². The zero-order valence-corrected chi connectivity index (χ0v) is 10.6. The summed E-state index contributed by atoms with van der Waals surface area (Å²) in [5, 5.41) is 8.32. The number of aromatic nitrogens is 2. The summed E-state index contributed by atoms with van der Waals surface area (Å²) in [5.74, 6) is -0.425. The standard InChI is InChI=1S/C13H12FN3O3/c1-20-11-4-2-9(14)6-8(11)7-15-13(19)10-3-5-12(18)17-16-10/h2-6H,7H2,1H3,(H,15,19)(H,17,18). The van der Waals surface area contributed by atoms with Crippen molar-refractivity contribution in [1.29, 1.82) is 0 Å². The van der Waals surface area contributed by atoms with Crippen LogP contribution >= 0.6 is 0 Å². The smallest absolute Gasteiger partial charge is 0.271 e. The highest BCUT2D eigenvalue weighted by Gasteiger charge is 2.09. The van der Waals surface area contributed by atoms with Crippen molar-refractivity contribution in [1.82, 2.24) is 15.5 Å². The highest BCUT2D eigenvalue weighted by atomic mass is 19.1. The average molecular weight is 277 g/mol. The van der Waals surface area contributed by atoms with Crippen LogP contribution in [0.4, 0.5) is 4.39 Å². The molecule has 2 rings (SSSR count). The summed E-state index contributed by atoms with van der Waals surface area (Å²) in [7, 11) is 1.46. The molecule has 0 aliphatic heterocycles. The Bertz CT molecular complexity index is 664. The van der Waals surface area contributed by atoms with Gasteiger partial charge in [0.2, 0.25) is 0 Å². The average Bonchev–Trinajstić information content (AvgIpc) is 2.45. The maximum atomic E-state index is 13.2. The third kappa shape index (κ3) is 3.19. The Morgan fingerprint density at radius 2 is 2.20 bits per heavy atom. The summed E-state index contributed by atoms with van der Waals surface area (Å²) < 4.78 is 18.2. The first kappa shape index (κ1) is 13.7. The molecule has 1 aromatic carbocycles. The molecule has 0 spiro atoms. The van der Waals surface area contributed by atoms with Crippen LogP contribution < -0.4 is 15.6 Å². The summed E-state index contributed by atoms with van der Waals surface area (Å²) in [5.41, 5.74) is 0.179. The molecule has 6 nitrogen and oxygen atoms in total. The Morgan fingerprint density at radius 1 is 1.40 bits per heavy atom. The quantitative estimate of drug-likeness (QED) is 0.867. The fourth-order valence-electron chi connectivity index (χ4n) is 1.62. The molecule has 1 amide bonds. The lowest BCUT2D eigenvalue weighted by Gasteiger charge is -2.09. The lowest BCUT2D eigenvalue weighted by molar-refractivity contribution is 0.0944. The SMILES string of the molecule is COc1ccc(F)cc1CNC(=O)c1ccc(=O)[nH]n1. The third-order valence-corrected chi connectivity index (χ3v) is 2.59. The number of carbonyl (C=O) groups is 1. The largest absolute Gasteiger partial charge is 0.496 e. The van der Waals surface area contributed by atoms with Gasteiger partial charge in [-0.2, -0.15) is 5.10 Å². The molecule has 7 heteroatoms. The molecule has 0 saturated carbocycles. The lowest BCUT2D eigenvalue weighted by Crippen LogP contribution is -2.25. The van der Waals surface area contributed by atoms with E-state index in [9.17, 15) is 14.0 Å². The number of ether oxygens (including phenoxy) is 1. The van der Waals surface area contributed by atoms with Gasteiger partial charge in [-0.25, -0.2) is 9.49 Å². The van der Waals surface area contributed by atoms with Gasteiger partial charge in [0, 0.05) is 18.2 Å². The highest BCUT2D eigenvalue weighted by molar-refractivity contribution is 5.91. The number of amides is 1. The molecule has 0 aliphatic rings. The van der Waals surface area contributed by atoms with Crippen molar-refractivity contribution < 1.29 is 13.9 Å². The summed E-state index contributed by atoms with van der Waals surface area (Å²) >= 11 is 0. The minimum Gasteiger partial charge on any atom is -0.496 e. The number of benzene rings is 1. The second-order valence-electron chi connectivity index (χ2n) is 3.95. The number of methoxy groups -OCH3 is 1. The van der Waals surface area contributed by atoms with E-state index in [4.69, 9.17) is 4.74 Å². The van der Waals surface area contributed by atoms with Crippen LogP contribution in [0, 0.1) is 5.82 Å². The molecule has 0 fully saturated rings. The van der Waals surface area contributed by atoms with Crippen LogP contribution in [-0.2, 0) is 6.54 Å². The molecule has 0 saturated heterocycles.